The van der Waals surface area contributed by atoms with E-state index in [1.165, 1.54) is 28.7 Å². The fourth-order valence-corrected chi connectivity index (χ4v) is 2.90. The summed E-state index contributed by atoms with van der Waals surface area (Å²) >= 11 is 3.47. The van der Waals surface area contributed by atoms with Gasteiger partial charge in [-0.25, -0.2) is 0 Å². The molecule has 19 heavy (non-hydrogen) atoms. The van der Waals surface area contributed by atoms with Crippen LogP contribution in [0.5, 0.6) is 0 Å². The molecule has 0 N–H and O–H groups in total. The summed E-state index contributed by atoms with van der Waals surface area (Å²) < 4.78 is 1.12. The molecule has 96 valence electrons. The molecule has 0 spiro atoms. The lowest BCUT2D eigenvalue weighted by Crippen LogP contribution is -1.88. The van der Waals surface area contributed by atoms with Gasteiger partial charge in [0, 0.05) is 4.47 Å². The number of halogens is 1. The fourth-order valence-electron chi connectivity index (χ4n) is 2.64. The van der Waals surface area contributed by atoms with Crippen LogP contribution in [0, 0.1) is 12.8 Å². The summed E-state index contributed by atoms with van der Waals surface area (Å²) in [5.41, 5.74) is 5.32. The molecule has 2 aromatic carbocycles. The summed E-state index contributed by atoms with van der Waals surface area (Å²) in [4.78, 5) is 0. The Balaban J connectivity index is 1.74. The molecule has 0 aliphatic heterocycles. The molecule has 0 amide bonds. The van der Waals surface area contributed by atoms with Crippen LogP contribution in [0.3, 0.4) is 0 Å². The number of hydrogen-bond donors (Lipinski definition) is 0. The largest absolute Gasteiger partial charge is 0.0949 e. The third-order valence-corrected chi connectivity index (χ3v) is 4.49. The van der Waals surface area contributed by atoms with Crippen LogP contribution in [0.15, 0.2) is 59.6 Å². The molecule has 0 saturated heterocycles. The van der Waals surface area contributed by atoms with E-state index in [1.54, 1.807) is 0 Å². The molecule has 2 unspecified atom stereocenters. The highest BCUT2D eigenvalue weighted by atomic mass is 79.9. The van der Waals surface area contributed by atoms with Crippen LogP contribution in [0.1, 0.15) is 29.0 Å². The molecule has 0 nitrogen and oxygen atoms in total. The summed E-state index contributed by atoms with van der Waals surface area (Å²) in [6, 6.07) is 17.4. The second kappa shape index (κ2) is 4.97. The maximum Gasteiger partial charge on any atom is 0.0175 e. The molecular formula is C18H17Br. The standard InChI is InChI=1S/C18H17Br/c1-12-3-5-15(6-4-12)18-11-17(18)13(2)14-7-9-16(19)10-8-14/h3-10,17-18H,2,11H2,1H3. The first-order valence-electron chi connectivity index (χ1n) is 6.66. The molecule has 0 aromatic heterocycles. The summed E-state index contributed by atoms with van der Waals surface area (Å²) in [7, 11) is 0. The van der Waals surface area contributed by atoms with E-state index in [0.717, 1.165) is 4.47 Å². The van der Waals surface area contributed by atoms with Crippen LogP contribution < -0.4 is 0 Å². The van der Waals surface area contributed by atoms with Gasteiger partial charge in [0.25, 0.3) is 0 Å². The fraction of sp³-hybridized carbons (Fsp3) is 0.222. The van der Waals surface area contributed by atoms with Gasteiger partial charge >= 0.3 is 0 Å². The van der Waals surface area contributed by atoms with Gasteiger partial charge in [0.1, 0.15) is 0 Å². The van der Waals surface area contributed by atoms with E-state index in [4.69, 9.17) is 0 Å². The lowest BCUT2D eigenvalue weighted by atomic mass is 9.99. The molecule has 1 aliphatic rings. The summed E-state index contributed by atoms with van der Waals surface area (Å²) in [6.07, 6.45) is 1.23. The van der Waals surface area contributed by atoms with E-state index in [0.29, 0.717) is 11.8 Å². The molecule has 2 aromatic rings. The molecule has 1 fully saturated rings. The lowest BCUT2D eigenvalue weighted by Gasteiger charge is -2.06. The number of rotatable bonds is 3. The topological polar surface area (TPSA) is 0 Å². The van der Waals surface area contributed by atoms with Gasteiger partial charge in [-0.2, -0.15) is 0 Å². The summed E-state index contributed by atoms with van der Waals surface area (Å²) in [5, 5.41) is 0. The van der Waals surface area contributed by atoms with Crippen molar-refractivity contribution in [2.45, 2.75) is 19.3 Å². The predicted molar refractivity (Wildman–Crippen MR) is 85.2 cm³/mol. The molecule has 0 heterocycles. The highest BCUT2D eigenvalue weighted by Gasteiger charge is 2.40. The van der Waals surface area contributed by atoms with Gasteiger partial charge in [0.15, 0.2) is 0 Å². The molecule has 3 rings (SSSR count). The normalized spacial score (nSPS) is 21.2. The average Bonchev–Trinajstić information content (AvgIpc) is 3.20. The zero-order valence-electron chi connectivity index (χ0n) is 11.1. The van der Waals surface area contributed by atoms with Crippen LogP contribution in [-0.2, 0) is 0 Å². The van der Waals surface area contributed by atoms with E-state index in [9.17, 15) is 0 Å². The predicted octanol–water partition coefficient (Wildman–Crippen LogP) is 5.57. The molecule has 2 atom stereocenters. The van der Waals surface area contributed by atoms with Crippen molar-refractivity contribution in [3.05, 3.63) is 76.3 Å². The lowest BCUT2D eigenvalue weighted by molar-refractivity contribution is 1.03. The third kappa shape index (κ3) is 2.66. The van der Waals surface area contributed by atoms with Gasteiger partial charge < -0.3 is 0 Å². The maximum absolute atomic E-state index is 4.29. The molecular weight excluding hydrogens is 296 g/mol. The number of benzene rings is 2. The van der Waals surface area contributed by atoms with Crippen molar-refractivity contribution >= 4 is 21.5 Å². The number of hydrogen-bond acceptors (Lipinski definition) is 0. The van der Waals surface area contributed by atoms with Gasteiger partial charge in [-0.15, -0.1) is 0 Å². The monoisotopic (exact) mass is 312 g/mol. The van der Waals surface area contributed by atoms with Crippen LogP contribution >= 0.6 is 15.9 Å². The van der Waals surface area contributed by atoms with Gasteiger partial charge in [-0.3, -0.25) is 0 Å². The molecule has 0 bridgehead atoms. The zero-order valence-corrected chi connectivity index (χ0v) is 12.7. The average molecular weight is 313 g/mol. The number of aryl methyl sites for hydroxylation is 1. The van der Waals surface area contributed by atoms with Crippen molar-refractivity contribution < 1.29 is 0 Å². The second-order valence-electron chi connectivity index (χ2n) is 5.39. The van der Waals surface area contributed by atoms with Gasteiger partial charge in [-0.1, -0.05) is 64.5 Å². The van der Waals surface area contributed by atoms with Crippen LogP contribution in [0.2, 0.25) is 0 Å². The maximum atomic E-state index is 4.29. The summed E-state index contributed by atoms with van der Waals surface area (Å²) in [6.45, 7) is 6.43. The first kappa shape index (κ1) is 12.7. The molecule has 1 aliphatic carbocycles. The van der Waals surface area contributed by atoms with Crippen molar-refractivity contribution in [1.82, 2.24) is 0 Å². The van der Waals surface area contributed by atoms with E-state index in [2.05, 4.69) is 78.0 Å². The Morgan fingerprint density at radius 1 is 1.05 bits per heavy atom. The van der Waals surface area contributed by atoms with Crippen molar-refractivity contribution in [3.63, 3.8) is 0 Å². The molecule has 1 saturated carbocycles. The molecule has 0 radical (unpaired) electrons. The van der Waals surface area contributed by atoms with Crippen molar-refractivity contribution in [2.24, 2.45) is 5.92 Å². The van der Waals surface area contributed by atoms with Crippen molar-refractivity contribution in [2.75, 3.05) is 0 Å². The van der Waals surface area contributed by atoms with Crippen LogP contribution in [0.25, 0.3) is 5.57 Å². The van der Waals surface area contributed by atoms with E-state index < -0.39 is 0 Å². The van der Waals surface area contributed by atoms with E-state index in [1.807, 2.05) is 0 Å². The second-order valence-corrected chi connectivity index (χ2v) is 6.31. The minimum atomic E-state index is 0.615. The Morgan fingerprint density at radius 2 is 1.68 bits per heavy atom. The zero-order chi connectivity index (χ0) is 13.4. The molecule has 1 heteroatoms. The minimum absolute atomic E-state index is 0.615. The first-order chi connectivity index (χ1) is 9.15. The van der Waals surface area contributed by atoms with Crippen LogP contribution in [-0.4, -0.2) is 0 Å². The van der Waals surface area contributed by atoms with Gasteiger partial charge in [0.05, 0.1) is 0 Å². The Bertz CT molecular complexity index is 593. The third-order valence-electron chi connectivity index (χ3n) is 3.96. The van der Waals surface area contributed by atoms with Crippen molar-refractivity contribution in [3.8, 4) is 0 Å². The quantitative estimate of drug-likeness (QED) is 0.694. The van der Waals surface area contributed by atoms with Gasteiger partial charge in [0.2, 0.25) is 0 Å². The number of allylic oxidation sites excluding steroid dienone is 1. The van der Waals surface area contributed by atoms with Crippen molar-refractivity contribution in [1.29, 1.82) is 0 Å². The van der Waals surface area contributed by atoms with Gasteiger partial charge in [-0.05, 0) is 54.0 Å². The Hall–Kier alpha value is -1.34. The Labute approximate surface area is 123 Å². The highest BCUT2D eigenvalue weighted by molar-refractivity contribution is 9.10. The van der Waals surface area contributed by atoms with E-state index >= 15 is 0 Å². The Kier molecular flexibility index (Phi) is 3.32. The van der Waals surface area contributed by atoms with E-state index in [-0.39, 0.29) is 0 Å². The van der Waals surface area contributed by atoms with Crippen LogP contribution in [0.4, 0.5) is 0 Å². The smallest absolute Gasteiger partial charge is 0.0175 e. The Morgan fingerprint density at radius 3 is 2.32 bits per heavy atom. The SMILES string of the molecule is C=C(c1ccc(Br)cc1)C1CC1c1ccc(C)cc1. The highest BCUT2D eigenvalue weighted by Crippen LogP contribution is 2.54. The minimum Gasteiger partial charge on any atom is -0.0949 e. The first-order valence-corrected chi connectivity index (χ1v) is 7.46. The summed E-state index contributed by atoms with van der Waals surface area (Å²) in [5.74, 6) is 1.28.